The zero-order valence-electron chi connectivity index (χ0n) is 11.2. The van der Waals surface area contributed by atoms with Crippen LogP contribution in [0.1, 0.15) is 51.0 Å². The highest BCUT2D eigenvalue weighted by Gasteiger charge is 2.08. The minimum atomic E-state index is -0.271. The fourth-order valence-corrected chi connectivity index (χ4v) is 1.75. The topological polar surface area (TPSA) is 46.5 Å². The standard InChI is InChI=1S/C15H22O3/c1-3-4-5-6-7-8-15(17)18-14-11-12(2)9-10-13(14)16/h9-11,16H,3-8H2,1-2H3. The van der Waals surface area contributed by atoms with Crippen molar-refractivity contribution in [2.24, 2.45) is 0 Å². The smallest absolute Gasteiger partial charge is 0.311 e. The molecular formula is C15H22O3. The molecule has 0 amide bonds. The van der Waals surface area contributed by atoms with Crippen molar-refractivity contribution in [3.8, 4) is 11.5 Å². The summed E-state index contributed by atoms with van der Waals surface area (Å²) in [6.45, 7) is 4.05. The molecule has 1 N–H and O–H groups in total. The number of hydrogen-bond acceptors (Lipinski definition) is 3. The van der Waals surface area contributed by atoms with Crippen LogP contribution in [0.2, 0.25) is 0 Å². The van der Waals surface area contributed by atoms with Crippen LogP contribution in [0.4, 0.5) is 0 Å². The van der Waals surface area contributed by atoms with Crippen molar-refractivity contribution < 1.29 is 14.6 Å². The molecule has 0 atom stereocenters. The van der Waals surface area contributed by atoms with Gasteiger partial charge in [0.15, 0.2) is 11.5 Å². The van der Waals surface area contributed by atoms with Gasteiger partial charge < -0.3 is 9.84 Å². The molecule has 0 heterocycles. The van der Waals surface area contributed by atoms with E-state index < -0.39 is 0 Å². The summed E-state index contributed by atoms with van der Waals surface area (Å²) in [6.07, 6.45) is 5.90. The van der Waals surface area contributed by atoms with Crippen LogP contribution in [0.5, 0.6) is 11.5 Å². The van der Waals surface area contributed by atoms with Crippen LogP contribution < -0.4 is 4.74 Å². The maximum Gasteiger partial charge on any atom is 0.311 e. The van der Waals surface area contributed by atoms with Gasteiger partial charge in [-0.2, -0.15) is 0 Å². The van der Waals surface area contributed by atoms with Gasteiger partial charge in [-0.25, -0.2) is 0 Å². The van der Waals surface area contributed by atoms with Crippen molar-refractivity contribution in [1.29, 1.82) is 0 Å². The molecule has 1 aromatic rings. The van der Waals surface area contributed by atoms with E-state index >= 15 is 0 Å². The molecule has 0 radical (unpaired) electrons. The van der Waals surface area contributed by atoms with Crippen LogP contribution in [0.25, 0.3) is 0 Å². The van der Waals surface area contributed by atoms with Crippen molar-refractivity contribution in [2.75, 3.05) is 0 Å². The molecule has 100 valence electrons. The second kappa shape index (κ2) is 7.75. The number of aromatic hydroxyl groups is 1. The zero-order valence-corrected chi connectivity index (χ0v) is 11.2. The predicted molar refractivity (Wildman–Crippen MR) is 71.9 cm³/mol. The molecule has 0 spiro atoms. The molecule has 0 bridgehead atoms. The van der Waals surface area contributed by atoms with Crippen molar-refractivity contribution >= 4 is 5.97 Å². The highest BCUT2D eigenvalue weighted by atomic mass is 16.5. The number of benzene rings is 1. The number of rotatable bonds is 7. The second-order valence-corrected chi connectivity index (χ2v) is 4.61. The Morgan fingerprint density at radius 3 is 2.67 bits per heavy atom. The average Bonchev–Trinajstić information content (AvgIpc) is 2.33. The number of hydrogen-bond donors (Lipinski definition) is 1. The maximum absolute atomic E-state index is 11.6. The van der Waals surface area contributed by atoms with Gasteiger partial charge in [0.2, 0.25) is 0 Å². The number of aryl methyl sites for hydroxylation is 1. The highest BCUT2D eigenvalue weighted by Crippen LogP contribution is 2.27. The first-order chi connectivity index (χ1) is 8.63. The van der Waals surface area contributed by atoms with Gasteiger partial charge in [0.1, 0.15) is 0 Å². The lowest BCUT2D eigenvalue weighted by atomic mass is 10.1. The molecular weight excluding hydrogens is 228 g/mol. The Balaban J connectivity index is 2.33. The van der Waals surface area contributed by atoms with Gasteiger partial charge in [0.25, 0.3) is 0 Å². The minimum absolute atomic E-state index is 0.0138. The average molecular weight is 250 g/mol. The fraction of sp³-hybridized carbons (Fsp3) is 0.533. The largest absolute Gasteiger partial charge is 0.504 e. The Labute approximate surface area is 109 Å². The van der Waals surface area contributed by atoms with Crippen LogP contribution >= 0.6 is 0 Å². The summed E-state index contributed by atoms with van der Waals surface area (Å²) in [5.41, 5.74) is 0.957. The summed E-state index contributed by atoms with van der Waals surface area (Å²) in [4.78, 5) is 11.6. The Kier molecular flexibility index (Phi) is 6.26. The number of esters is 1. The molecule has 0 fully saturated rings. The van der Waals surface area contributed by atoms with Crippen molar-refractivity contribution in [3.63, 3.8) is 0 Å². The monoisotopic (exact) mass is 250 g/mol. The van der Waals surface area contributed by atoms with Gasteiger partial charge >= 0.3 is 5.97 Å². The minimum Gasteiger partial charge on any atom is -0.504 e. The first kappa shape index (κ1) is 14.6. The second-order valence-electron chi connectivity index (χ2n) is 4.61. The third kappa shape index (κ3) is 5.21. The molecule has 0 aliphatic rings. The molecule has 18 heavy (non-hydrogen) atoms. The lowest BCUT2D eigenvalue weighted by molar-refractivity contribution is -0.134. The van der Waals surface area contributed by atoms with Crippen LogP contribution in [-0.2, 0) is 4.79 Å². The summed E-state index contributed by atoms with van der Waals surface area (Å²) >= 11 is 0. The Hall–Kier alpha value is -1.51. The van der Waals surface area contributed by atoms with Crippen LogP contribution in [0, 0.1) is 6.92 Å². The number of ether oxygens (including phenoxy) is 1. The molecule has 0 saturated heterocycles. The molecule has 1 rings (SSSR count). The summed E-state index contributed by atoms with van der Waals surface area (Å²) < 4.78 is 5.14. The quantitative estimate of drug-likeness (QED) is 0.452. The van der Waals surface area contributed by atoms with E-state index in [-0.39, 0.29) is 17.5 Å². The first-order valence-electron chi connectivity index (χ1n) is 6.63. The Morgan fingerprint density at radius 2 is 1.94 bits per heavy atom. The number of unbranched alkanes of at least 4 members (excludes halogenated alkanes) is 4. The maximum atomic E-state index is 11.6. The van der Waals surface area contributed by atoms with E-state index in [1.807, 2.05) is 6.92 Å². The van der Waals surface area contributed by atoms with E-state index in [1.54, 1.807) is 18.2 Å². The molecule has 0 unspecified atom stereocenters. The van der Waals surface area contributed by atoms with E-state index in [0.717, 1.165) is 18.4 Å². The molecule has 1 aromatic carbocycles. The van der Waals surface area contributed by atoms with Gasteiger partial charge in [-0.05, 0) is 31.0 Å². The molecule has 3 heteroatoms. The molecule has 0 saturated carbocycles. The van der Waals surface area contributed by atoms with Gasteiger partial charge in [-0.1, -0.05) is 38.7 Å². The Bertz CT molecular complexity index is 385. The van der Waals surface area contributed by atoms with Gasteiger partial charge in [-0.15, -0.1) is 0 Å². The van der Waals surface area contributed by atoms with Crippen molar-refractivity contribution in [2.45, 2.75) is 52.4 Å². The molecule has 0 aliphatic heterocycles. The van der Waals surface area contributed by atoms with Crippen LogP contribution in [0.3, 0.4) is 0 Å². The highest BCUT2D eigenvalue weighted by molar-refractivity contribution is 5.73. The zero-order chi connectivity index (χ0) is 13.4. The molecule has 0 aliphatic carbocycles. The fourth-order valence-electron chi connectivity index (χ4n) is 1.75. The number of carbonyl (C=O) groups excluding carboxylic acids is 1. The van der Waals surface area contributed by atoms with E-state index in [0.29, 0.717) is 6.42 Å². The van der Waals surface area contributed by atoms with Crippen LogP contribution in [-0.4, -0.2) is 11.1 Å². The third-order valence-corrected chi connectivity index (χ3v) is 2.82. The van der Waals surface area contributed by atoms with E-state index in [1.165, 1.54) is 19.3 Å². The normalized spacial score (nSPS) is 10.3. The van der Waals surface area contributed by atoms with E-state index in [4.69, 9.17) is 4.74 Å². The van der Waals surface area contributed by atoms with E-state index in [2.05, 4.69) is 6.92 Å². The summed E-state index contributed by atoms with van der Waals surface area (Å²) in [7, 11) is 0. The lowest BCUT2D eigenvalue weighted by Crippen LogP contribution is -2.07. The number of carbonyl (C=O) groups is 1. The number of phenols is 1. The Morgan fingerprint density at radius 1 is 1.22 bits per heavy atom. The molecule has 0 aromatic heterocycles. The number of phenolic OH excluding ortho intramolecular Hbond substituents is 1. The lowest BCUT2D eigenvalue weighted by Gasteiger charge is -2.07. The van der Waals surface area contributed by atoms with Crippen LogP contribution in [0.15, 0.2) is 18.2 Å². The summed E-state index contributed by atoms with van der Waals surface area (Å²) in [6, 6.07) is 4.99. The first-order valence-corrected chi connectivity index (χ1v) is 6.63. The van der Waals surface area contributed by atoms with Gasteiger partial charge in [-0.3, -0.25) is 4.79 Å². The summed E-state index contributed by atoms with van der Waals surface area (Å²) in [5.74, 6) is 0.000824. The van der Waals surface area contributed by atoms with E-state index in [9.17, 15) is 9.90 Å². The summed E-state index contributed by atoms with van der Waals surface area (Å²) in [5, 5.41) is 9.55. The third-order valence-electron chi connectivity index (χ3n) is 2.82. The van der Waals surface area contributed by atoms with Gasteiger partial charge in [0.05, 0.1) is 0 Å². The van der Waals surface area contributed by atoms with Gasteiger partial charge in [0, 0.05) is 6.42 Å². The van der Waals surface area contributed by atoms with Crippen molar-refractivity contribution in [1.82, 2.24) is 0 Å². The SMILES string of the molecule is CCCCCCCC(=O)Oc1cc(C)ccc1O. The van der Waals surface area contributed by atoms with Crippen molar-refractivity contribution in [3.05, 3.63) is 23.8 Å². The molecule has 3 nitrogen and oxygen atoms in total. The predicted octanol–water partition coefficient (Wildman–Crippen LogP) is 3.97.